The lowest BCUT2D eigenvalue weighted by atomic mass is 9.78. The van der Waals surface area contributed by atoms with E-state index in [4.69, 9.17) is 9.47 Å². The van der Waals surface area contributed by atoms with Crippen LogP contribution in [0.2, 0.25) is 0 Å². The van der Waals surface area contributed by atoms with Crippen molar-refractivity contribution in [2.24, 2.45) is 0 Å². The first kappa shape index (κ1) is 41.2. The van der Waals surface area contributed by atoms with Crippen LogP contribution in [0.4, 0.5) is 0 Å². The Bertz CT molecular complexity index is 1240. The molecule has 2 rings (SSSR count). The summed E-state index contributed by atoms with van der Waals surface area (Å²) in [5.41, 5.74) is 4.26. The molecular weight excluding hydrogens is 600 g/mol. The number of esters is 2. The molecule has 6 heteroatoms. The highest BCUT2D eigenvalue weighted by molar-refractivity contribution is 5.72. The molecule has 2 aromatic rings. The van der Waals surface area contributed by atoms with Gasteiger partial charge in [-0.1, -0.05) is 134 Å². The minimum absolute atomic E-state index is 0.129. The first-order valence-corrected chi connectivity index (χ1v) is 18.0. The molecule has 0 saturated heterocycles. The molecule has 0 atom stereocenters. The zero-order valence-electron chi connectivity index (χ0n) is 32.7. The van der Waals surface area contributed by atoms with Crippen LogP contribution in [0.1, 0.15) is 175 Å². The molecule has 270 valence electrons. The molecule has 2 N–H and O–H groups in total. The van der Waals surface area contributed by atoms with Gasteiger partial charge in [-0.05, 0) is 74.3 Å². The maximum atomic E-state index is 13.4. The molecule has 0 amide bonds. The van der Waals surface area contributed by atoms with Crippen LogP contribution in [0.25, 0.3) is 0 Å². The molecule has 0 radical (unpaired) electrons. The SMILES string of the molecule is CCCCCC(CC)(OC(=O)CCc1cc(C(C)(C)C)c(O)c(C(C)(C)C)c1)OC(=O)CCc1cc(C(C)(C)C)c(O)c(C(C)(C)C)c1. The highest BCUT2D eigenvalue weighted by Crippen LogP contribution is 2.41. The summed E-state index contributed by atoms with van der Waals surface area (Å²) >= 11 is 0. The number of hydrogen-bond donors (Lipinski definition) is 2. The summed E-state index contributed by atoms with van der Waals surface area (Å²) in [6.07, 6.45) is 4.65. The normalized spacial score (nSPS) is 13.0. The highest BCUT2D eigenvalue weighted by Gasteiger charge is 2.37. The Hall–Kier alpha value is -3.02. The zero-order chi connectivity index (χ0) is 36.9. The van der Waals surface area contributed by atoms with Crippen LogP contribution in [0, 0.1) is 0 Å². The largest absolute Gasteiger partial charge is 0.507 e. The smallest absolute Gasteiger partial charge is 0.309 e. The molecule has 0 aliphatic heterocycles. The topological polar surface area (TPSA) is 93.1 Å². The van der Waals surface area contributed by atoms with Crippen molar-refractivity contribution in [3.05, 3.63) is 57.6 Å². The molecule has 2 aromatic carbocycles. The summed E-state index contributed by atoms with van der Waals surface area (Å²) < 4.78 is 12.2. The van der Waals surface area contributed by atoms with Crippen LogP contribution >= 0.6 is 0 Å². The van der Waals surface area contributed by atoms with Gasteiger partial charge < -0.3 is 19.7 Å². The summed E-state index contributed by atoms with van der Waals surface area (Å²) in [5, 5.41) is 22.2. The van der Waals surface area contributed by atoms with Gasteiger partial charge in [-0.25, -0.2) is 0 Å². The molecule has 0 unspecified atom stereocenters. The summed E-state index contributed by atoms with van der Waals surface area (Å²) in [4.78, 5) is 26.8. The molecule has 0 spiro atoms. The van der Waals surface area contributed by atoms with Gasteiger partial charge >= 0.3 is 11.9 Å². The third-order valence-corrected chi connectivity index (χ3v) is 9.11. The third-order valence-electron chi connectivity index (χ3n) is 9.11. The van der Waals surface area contributed by atoms with E-state index in [9.17, 15) is 19.8 Å². The monoisotopic (exact) mass is 666 g/mol. The summed E-state index contributed by atoms with van der Waals surface area (Å²) in [7, 11) is 0. The van der Waals surface area contributed by atoms with E-state index in [0.717, 1.165) is 52.6 Å². The second-order valence-electron chi connectivity index (χ2n) is 17.7. The predicted octanol–water partition coefficient (Wildman–Crippen LogP) is 10.6. The molecule has 6 nitrogen and oxygen atoms in total. The Morgan fingerprint density at radius 1 is 0.562 bits per heavy atom. The van der Waals surface area contributed by atoms with Crippen LogP contribution in [-0.2, 0) is 53.6 Å². The first-order valence-electron chi connectivity index (χ1n) is 18.0. The van der Waals surface area contributed by atoms with Crippen molar-refractivity contribution < 1.29 is 29.3 Å². The van der Waals surface area contributed by atoms with E-state index in [1.807, 2.05) is 31.2 Å². The molecular formula is C42H66O6. The number of aromatic hydroxyl groups is 2. The van der Waals surface area contributed by atoms with Crippen molar-refractivity contribution in [1.29, 1.82) is 0 Å². The van der Waals surface area contributed by atoms with Crippen molar-refractivity contribution in [3.8, 4) is 11.5 Å². The Morgan fingerprint density at radius 3 is 1.12 bits per heavy atom. The number of rotatable bonds is 13. The van der Waals surface area contributed by atoms with E-state index in [-0.39, 0.29) is 34.5 Å². The predicted molar refractivity (Wildman–Crippen MR) is 197 cm³/mol. The minimum atomic E-state index is -1.33. The number of unbranched alkanes of at least 4 members (excludes halogenated alkanes) is 2. The Balaban J connectivity index is 2.29. The Morgan fingerprint density at radius 2 is 0.875 bits per heavy atom. The minimum Gasteiger partial charge on any atom is -0.507 e. The second kappa shape index (κ2) is 15.7. The van der Waals surface area contributed by atoms with Crippen LogP contribution in [0.3, 0.4) is 0 Å². The van der Waals surface area contributed by atoms with Gasteiger partial charge in [0.25, 0.3) is 5.79 Å². The van der Waals surface area contributed by atoms with Crippen LogP contribution in [0.15, 0.2) is 24.3 Å². The zero-order valence-corrected chi connectivity index (χ0v) is 32.7. The van der Waals surface area contributed by atoms with Gasteiger partial charge in [0, 0.05) is 25.7 Å². The van der Waals surface area contributed by atoms with Crippen molar-refractivity contribution in [3.63, 3.8) is 0 Å². The van der Waals surface area contributed by atoms with Gasteiger partial charge in [-0.3, -0.25) is 9.59 Å². The van der Waals surface area contributed by atoms with Crippen molar-refractivity contribution in [1.82, 2.24) is 0 Å². The highest BCUT2D eigenvalue weighted by atomic mass is 16.7. The number of phenols is 2. The summed E-state index contributed by atoms with van der Waals surface area (Å²) in [5.74, 6) is -1.52. The maximum Gasteiger partial charge on any atom is 0.309 e. The molecule has 0 bridgehead atoms. The number of phenolic OH excluding ortho intramolecular Hbond substituents is 2. The van der Waals surface area contributed by atoms with Crippen molar-refractivity contribution in [2.75, 3.05) is 0 Å². The van der Waals surface area contributed by atoms with Crippen LogP contribution in [0.5, 0.6) is 11.5 Å². The molecule has 0 fully saturated rings. The molecule has 0 heterocycles. The molecule has 0 aliphatic carbocycles. The van der Waals surface area contributed by atoms with Gasteiger partial charge in [-0.15, -0.1) is 0 Å². The lowest BCUT2D eigenvalue weighted by Gasteiger charge is -2.32. The fourth-order valence-electron chi connectivity index (χ4n) is 6.06. The van der Waals surface area contributed by atoms with E-state index in [0.29, 0.717) is 37.2 Å². The van der Waals surface area contributed by atoms with Crippen molar-refractivity contribution >= 4 is 11.9 Å². The third kappa shape index (κ3) is 11.3. The lowest BCUT2D eigenvalue weighted by molar-refractivity contribution is -0.233. The van der Waals surface area contributed by atoms with E-state index in [2.05, 4.69) is 90.0 Å². The fourth-order valence-corrected chi connectivity index (χ4v) is 6.06. The number of carbonyl (C=O) groups excluding carboxylic acids is 2. The number of aryl methyl sites for hydroxylation is 2. The quantitative estimate of drug-likeness (QED) is 0.126. The summed E-state index contributed by atoms with van der Waals surface area (Å²) in [6, 6.07) is 7.97. The van der Waals surface area contributed by atoms with Gasteiger partial charge in [0.15, 0.2) is 0 Å². The molecule has 0 aromatic heterocycles. The Labute approximate surface area is 292 Å². The number of carbonyl (C=O) groups is 2. The van der Waals surface area contributed by atoms with E-state index in [1.165, 1.54) is 0 Å². The van der Waals surface area contributed by atoms with E-state index >= 15 is 0 Å². The lowest BCUT2D eigenvalue weighted by Crippen LogP contribution is -2.40. The first-order chi connectivity index (χ1) is 21.8. The van der Waals surface area contributed by atoms with Crippen LogP contribution < -0.4 is 0 Å². The number of ether oxygens (including phenoxy) is 2. The Kier molecular flexibility index (Phi) is 13.4. The fraction of sp³-hybridized carbons (Fsp3) is 0.667. The van der Waals surface area contributed by atoms with E-state index < -0.39 is 17.7 Å². The molecule has 0 saturated carbocycles. The van der Waals surface area contributed by atoms with Gasteiger partial charge in [0.1, 0.15) is 11.5 Å². The molecule has 48 heavy (non-hydrogen) atoms. The average molecular weight is 667 g/mol. The molecule has 0 aliphatic rings. The number of hydrogen-bond acceptors (Lipinski definition) is 6. The standard InChI is InChI=1S/C42H66O6/c1-15-17-18-23-42(16-2,47-34(43)21-19-28-24-30(38(3,4)5)36(45)31(25-28)39(6,7)8)48-35(44)22-20-29-26-32(40(9,10)11)37(46)33(27-29)41(12,13)14/h24-27,45-46H,15-23H2,1-14H3. The van der Waals surface area contributed by atoms with Gasteiger partial charge in [-0.2, -0.15) is 0 Å². The average Bonchev–Trinajstić information content (AvgIpc) is 2.93. The van der Waals surface area contributed by atoms with Gasteiger partial charge in [0.05, 0.1) is 0 Å². The van der Waals surface area contributed by atoms with Crippen molar-refractivity contribution in [2.45, 2.75) is 182 Å². The number of benzene rings is 2. The van der Waals surface area contributed by atoms with Gasteiger partial charge in [0.2, 0.25) is 0 Å². The maximum absolute atomic E-state index is 13.4. The second-order valence-corrected chi connectivity index (χ2v) is 17.7. The van der Waals surface area contributed by atoms with Crippen LogP contribution in [-0.4, -0.2) is 27.9 Å². The summed E-state index contributed by atoms with van der Waals surface area (Å²) in [6.45, 7) is 28.8. The van der Waals surface area contributed by atoms with E-state index in [1.54, 1.807) is 0 Å².